The van der Waals surface area contributed by atoms with Gasteiger partial charge in [0.15, 0.2) is 0 Å². The standard InChI is InChI=1S/C28H36ClN5O/c1-5-21(3)33(28(35)23-11-10-12-24(29)19-23)20-26-22(4)30-34(25-13-8-7-9-14-25)27(26)32-17-15-31(6-2)16-18-32/h7-14,19,21H,5-6,15-18,20H2,1-4H3/t21-/m1/s1. The number of likely N-dealkylation sites (N-methyl/N-ethyl adjacent to an activating group) is 1. The number of halogens is 1. The van der Waals surface area contributed by atoms with Gasteiger partial charge in [-0.15, -0.1) is 0 Å². The third-order valence-corrected chi connectivity index (χ3v) is 7.30. The van der Waals surface area contributed by atoms with Crippen LogP contribution in [-0.2, 0) is 6.54 Å². The lowest BCUT2D eigenvalue weighted by Crippen LogP contribution is -2.47. The molecule has 2 heterocycles. The minimum absolute atomic E-state index is 0.00420. The number of aromatic nitrogens is 2. The number of carbonyl (C=O) groups is 1. The lowest BCUT2D eigenvalue weighted by atomic mass is 10.1. The molecular weight excluding hydrogens is 458 g/mol. The number of benzene rings is 2. The first kappa shape index (κ1) is 25.3. The molecule has 1 aliphatic rings. The van der Waals surface area contributed by atoms with Crippen LogP contribution >= 0.6 is 11.6 Å². The van der Waals surface area contributed by atoms with Crippen molar-refractivity contribution in [3.8, 4) is 5.69 Å². The molecule has 0 radical (unpaired) electrons. The van der Waals surface area contributed by atoms with E-state index in [1.54, 1.807) is 12.1 Å². The van der Waals surface area contributed by atoms with Gasteiger partial charge < -0.3 is 14.7 Å². The van der Waals surface area contributed by atoms with E-state index in [0.717, 1.165) is 61.9 Å². The molecule has 0 unspecified atom stereocenters. The fourth-order valence-corrected chi connectivity index (χ4v) is 4.88. The monoisotopic (exact) mass is 493 g/mol. The molecule has 3 aromatic rings. The second-order valence-electron chi connectivity index (χ2n) is 9.26. The zero-order valence-corrected chi connectivity index (χ0v) is 22.0. The summed E-state index contributed by atoms with van der Waals surface area (Å²) >= 11 is 6.22. The van der Waals surface area contributed by atoms with Gasteiger partial charge in [0, 0.05) is 48.4 Å². The Balaban J connectivity index is 1.75. The fourth-order valence-electron chi connectivity index (χ4n) is 4.69. The second-order valence-corrected chi connectivity index (χ2v) is 9.69. The maximum absolute atomic E-state index is 13.7. The minimum atomic E-state index is -0.00420. The number of hydrogen-bond acceptors (Lipinski definition) is 4. The SMILES string of the molecule is CC[C@@H](C)N(Cc1c(C)nn(-c2ccccc2)c1N1CCN(CC)CC1)C(=O)c1cccc(Cl)c1. The van der Waals surface area contributed by atoms with E-state index in [-0.39, 0.29) is 11.9 Å². The Morgan fingerprint density at radius 3 is 2.40 bits per heavy atom. The van der Waals surface area contributed by atoms with E-state index in [9.17, 15) is 4.79 Å². The number of anilines is 1. The molecule has 2 aromatic carbocycles. The summed E-state index contributed by atoms with van der Waals surface area (Å²) in [5.74, 6) is 1.09. The van der Waals surface area contributed by atoms with Crippen LogP contribution in [0.15, 0.2) is 54.6 Å². The van der Waals surface area contributed by atoms with Crippen LogP contribution < -0.4 is 4.90 Å². The van der Waals surface area contributed by atoms with Gasteiger partial charge in [-0.25, -0.2) is 4.68 Å². The Kier molecular flexibility index (Phi) is 8.14. The van der Waals surface area contributed by atoms with Gasteiger partial charge in [-0.1, -0.05) is 49.7 Å². The molecule has 1 saturated heterocycles. The van der Waals surface area contributed by atoms with Crippen molar-refractivity contribution < 1.29 is 4.79 Å². The van der Waals surface area contributed by atoms with Crippen molar-refractivity contribution in [1.82, 2.24) is 19.6 Å². The van der Waals surface area contributed by atoms with Crippen LogP contribution in [0, 0.1) is 6.92 Å². The summed E-state index contributed by atoms with van der Waals surface area (Å²) < 4.78 is 2.06. The van der Waals surface area contributed by atoms with Gasteiger partial charge >= 0.3 is 0 Å². The average molecular weight is 494 g/mol. The molecule has 4 rings (SSSR count). The van der Waals surface area contributed by atoms with Gasteiger partial charge in [-0.2, -0.15) is 5.10 Å². The summed E-state index contributed by atoms with van der Waals surface area (Å²) in [5.41, 5.74) is 3.71. The van der Waals surface area contributed by atoms with Crippen molar-refractivity contribution >= 4 is 23.3 Å². The maximum Gasteiger partial charge on any atom is 0.254 e. The van der Waals surface area contributed by atoms with E-state index < -0.39 is 0 Å². The van der Waals surface area contributed by atoms with Crippen molar-refractivity contribution in [1.29, 1.82) is 0 Å². The average Bonchev–Trinajstić information content (AvgIpc) is 3.22. The number of rotatable bonds is 8. The van der Waals surface area contributed by atoms with Gasteiger partial charge in [0.2, 0.25) is 0 Å². The molecule has 0 aliphatic carbocycles. The maximum atomic E-state index is 13.7. The number of hydrogen-bond donors (Lipinski definition) is 0. The molecule has 0 saturated carbocycles. The van der Waals surface area contributed by atoms with Gasteiger partial charge in [0.1, 0.15) is 5.82 Å². The highest BCUT2D eigenvalue weighted by atomic mass is 35.5. The minimum Gasteiger partial charge on any atom is -0.354 e. The van der Waals surface area contributed by atoms with Crippen molar-refractivity contribution in [2.45, 2.75) is 46.7 Å². The van der Waals surface area contributed by atoms with Crippen LogP contribution in [0.3, 0.4) is 0 Å². The zero-order chi connectivity index (χ0) is 24.9. The highest BCUT2D eigenvalue weighted by molar-refractivity contribution is 6.30. The Morgan fingerprint density at radius 1 is 1.06 bits per heavy atom. The predicted octanol–water partition coefficient (Wildman–Crippen LogP) is 5.42. The largest absolute Gasteiger partial charge is 0.354 e. The molecule has 1 amide bonds. The van der Waals surface area contributed by atoms with Gasteiger partial charge in [-0.3, -0.25) is 4.79 Å². The summed E-state index contributed by atoms with van der Waals surface area (Å²) in [6.07, 6.45) is 0.864. The highest BCUT2D eigenvalue weighted by Crippen LogP contribution is 2.31. The molecule has 0 spiro atoms. The summed E-state index contributed by atoms with van der Waals surface area (Å²) in [6.45, 7) is 14.0. The Morgan fingerprint density at radius 2 is 1.77 bits per heavy atom. The van der Waals surface area contributed by atoms with Gasteiger partial charge in [0.05, 0.1) is 17.9 Å². The van der Waals surface area contributed by atoms with Crippen LogP contribution in [0.5, 0.6) is 0 Å². The van der Waals surface area contributed by atoms with Crippen LogP contribution in [0.4, 0.5) is 5.82 Å². The predicted molar refractivity (Wildman–Crippen MR) is 144 cm³/mol. The number of aryl methyl sites for hydroxylation is 1. The number of amides is 1. The number of para-hydroxylation sites is 1. The molecule has 0 bridgehead atoms. The molecule has 1 fully saturated rings. The molecule has 6 nitrogen and oxygen atoms in total. The van der Waals surface area contributed by atoms with Crippen LogP contribution in [0.1, 0.15) is 48.8 Å². The smallest absolute Gasteiger partial charge is 0.254 e. The van der Waals surface area contributed by atoms with Crippen molar-refractivity contribution in [2.75, 3.05) is 37.6 Å². The van der Waals surface area contributed by atoms with E-state index in [4.69, 9.17) is 16.7 Å². The topological polar surface area (TPSA) is 44.6 Å². The summed E-state index contributed by atoms with van der Waals surface area (Å²) in [7, 11) is 0. The van der Waals surface area contributed by atoms with Crippen molar-refractivity contribution in [2.24, 2.45) is 0 Å². The number of carbonyl (C=O) groups excluding carboxylic acids is 1. The van der Waals surface area contributed by atoms with Crippen molar-refractivity contribution in [3.05, 3.63) is 76.4 Å². The fraction of sp³-hybridized carbons (Fsp3) is 0.429. The summed E-state index contributed by atoms with van der Waals surface area (Å²) in [6, 6.07) is 17.6. The first-order valence-corrected chi connectivity index (χ1v) is 13.0. The van der Waals surface area contributed by atoms with E-state index >= 15 is 0 Å². The lowest BCUT2D eigenvalue weighted by molar-refractivity contribution is 0.0671. The number of piperazine rings is 1. The van der Waals surface area contributed by atoms with Gasteiger partial charge in [0.25, 0.3) is 5.91 Å². The zero-order valence-electron chi connectivity index (χ0n) is 21.2. The molecule has 0 N–H and O–H groups in total. The summed E-state index contributed by atoms with van der Waals surface area (Å²) in [5, 5.41) is 5.55. The summed E-state index contributed by atoms with van der Waals surface area (Å²) in [4.78, 5) is 20.6. The van der Waals surface area contributed by atoms with E-state index in [2.05, 4.69) is 54.3 Å². The molecule has 7 heteroatoms. The van der Waals surface area contributed by atoms with Crippen LogP contribution in [-0.4, -0.2) is 64.3 Å². The first-order valence-electron chi connectivity index (χ1n) is 12.6. The third-order valence-electron chi connectivity index (χ3n) is 7.06. The first-order chi connectivity index (χ1) is 16.9. The van der Waals surface area contributed by atoms with Crippen LogP contribution in [0.2, 0.25) is 5.02 Å². The molecule has 1 aliphatic heterocycles. The van der Waals surface area contributed by atoms with Gasteiger partial charge in [-0.05, 0) is 57.1 Å². The molecule has 35 heavy (non-hydrogen) atoms. The lowest BCUT2D eigenvalue weighted by Gasteiger charge is -2.37. The second kappa shape index (κ2) is 11.3. The van der Waals surface area contributed by atoms with Crippen LogP contribution in [0.25, 0.3) is 5.69 Å². The van der Waals surface area contributed by atoms with Crippen molar-refractivity contribution in [3.63, 3.8) is 0 Å². The van der Waals surface area contributed by atoms with E-state index in [0.29, 0.717) is 17.1 Å². The Bertz CT molecular complexity index is 1140. The normalized spacial score (nSPS) is 15.3. The molecule has 1 atom stereocenters. The Labute approximate surface area is 214 Å². The molecule has 1 aromatic heterocycles. The highest BCUT2D eigenvalue weighted by Gasteiger charge is 2.29. The van der Waals surface area contributed by atoms with E-state index in [1.165, 1.54) is 0 Å². The molecule has 186 valence electrons. The number of nitrogens with zero attached hydrogens (tertiary/aromatic N) is 5. The molecular formula is C28H36ClN5O. The van der Waals surface area contributed by atoms with E-state index in [1.807, 2.05) is 35.2 Å². The Hall–Kier alpha value is -2.83. The quantitative estimate of drug-likeness (QED) is 0.420. The third kappa shape index (κ3) is 5.54.